The Morgan fingerprint density at radius 2 is 1.67 bits per heavy atom. The molecule has 0 aliphatic carbocycles. The Bertz CT molecular complexity index is 532. The van der Waals surface area contributed by atoms with Gasteiger partial charge in [0.25, 0.3) is 0 Å². The number of carbonyl (C=O) groups excluding carboxylic acids is 2. The van der Waals surface area contributed by atoms with Gasteiger partial charge < -0.3 is 26.0 Å². The van der Waals surface area contributed by atoms with E-state index in [1.54, 1.807) is 0 Å². The van der Waals surface area contributed by atoms with Crippen LogP contribution in [0.4, 0.5) is 10.5 Å². The molecule has 8 nitrogen and oxygen atoms in total. The van der Waals surface area contributed by atoms with Crippen LogP contribution in [0.5, 0.6) is 17.2 Å². The molecule has 1 saturated heterocycles. The number of anilines is 1. The highest BCUT2D eigenvalue weighted by Gasteiger charge is 2.22. The Labute approximate surface area is 120 Å². The molecule has 0 bridgehead atoms. The van der Waals surface area contributed by atoms with Crippen molar-refractivity contribution < 1.29 is 24.9 Å². The van der Waals surface area contributed by atoms with Crippen molar-refractivity contribution in [3.8, 4) is 17.2 Å². The van der Waals surface area contributed by atoms with Crippen LogP contribution in [-0.4, -0.2) is 40.3 Å². The minimum atomic E-state index is -0.761. The predicted molar refractivity (Wildman–Crippen MR) is 74.2 cm³/mol. The summed E-state index contributed by atoms with van der Waals surface area (Å²) in [5, 5.41) is 35.5. The monoisotopic (exact) mass is 295 g/mol. The zero-order chi connectivity index (χ0) is 15.4. The Hall–Kier alpha value is -2.48. The van der Waals surface area contributed by atoms with Crippen molar-refractivity contribution in [2.24, 2.45) is 5.92 Å². The number of rotatable bonds is 2. The largest absolute Gasteiger partial charge is 0.504 e. The number of phenols is 3. The molecule has 21 heavy (non-hydrogen) atoms. The summed E-state index contributed by atoms with van der Waals surface area (Å²) in [6.07, 6.45) is 1.33. The van der Waals surface area contributed by atoms with Gasteiger partial charge in [0.15, 0.2) is 17.2 Å². The maximum atomic E-state index is 11.8. The van der Waals surface area contributed by atoms with Crippen molar-refractivity contribution in [3.63, 3.8) is 0 Å². The van der Waals surface area contributed by atoms with Gasteiger partial charge in [-0.1, -0.05) is 0 Å². The molecular weight excluding hydrogens is 278 g/mol. The number of nitrogens with one attached hydrogen (secondary N) is 3. The average Bonchev–Trinajstić information content (AvgIpc) is 2.45. The Morgan fingerprint density at radius 3 is 2.24 bits per heavy atom. The summed E-state index contributed by atoms with van der Waals surface area (Å²) in [5.41, 5.74) is 0.0541. The maximum absolute atomic E-state index is 11.8. The summed E-state index contributed by atoms with van der Waals surface area (Å²) in [4.78, 5) is 23.5. The van der Waals surface area contributed by atoms with E-state index in [2.05, 4.69) is 16.0 Å². The summed E-state index contributed by atoms with van der Waals surface area (Å²) in [7, 11) is 0. The molecule has 0 spiro atoms. The SMILES string of the molecule is O=C(NC(=O)C1CCNCC1)Nc1cc(O)c(O)c(O)c1. The van der Waals surface area contributed by atoms with Crippen LogP contribution in [0.15, 0.2) is 12.1 Å². The first kappa shape index (κ1) is 14.9. The van der Waals surface area contributed by atoms with Crippen LogP contribution in [0.2, 0.25) is 0 Å². The van der Waals surface area contributed by atoms with Crippen molar-refractivity contribution in [2.45, 2.75) is 12.8 Å². The quantitative estimate of drug-likeness (QED) is 0.347. The van der Waals surface area contributed by atoms with Crippen LogP contribution in [0.3, 0.4) is 0 Å². The number of benzene rings is 1. The second-order valence-electron chi connectivity index (χ2n) is 4.83. The van der Waals surface area contributed by atoms with Crippen LogP contribution in [-0.2, 0) is 4.79 Å². The number of hydrogen-bond donors (Lipinski definition) is 6. The molecule has 1 heterocycles. The molecule has 6 N–H and O–H groups in total. The molecule has 0 saturated carbocycles. The fourth-order valence-corrected chi connectivity index (χ4v) is 2.14. The van der Waals surface area contributed by atoms with Crippen molar-refractivity contribution in [3.05, 3.63) is 12.1 Å². The average molecular weight is 295 g/mol. The predicted octanol–water partition coefficient (Wildman–Crippen LogP) is 0.451. The van der Waals surface area contributed by atoms with E-state index in [4.69, 9.17) is 0 Å². The minimum Gasteiger partial charge on any atom is -0.504 e. The molecular formula is C13H17N3O5. The fourth-order valence-electron chi connectivity index (χ4n) is 2.14. The zero-order valence-corrected chi connectivity index (χ0v) is 11.2. The normalized spacial score (nSPS) is 15.4. The molecule has 0 unspecified atom stereocenters. The van der Waals surface area contributed by atoms with Gasteiger partial charge in [-0.05, 0) is 25.9 Å². The number of urea groups is 1. The molecule has 1 aromatic carbocycles. The van der Waals surface area contributed by atoms with E-state index in [1.807, 2.05) is 0 Å². The molecule has 1 fully saturated rings. The Morgan fingerprint density at radius 1 is 1.10 bits per heavy atom. The molecule has 1 aromatic rings. The molecule has 0 aromatic heterocycles. The third kappa shape index (κ3) is 3.76. The summed E-state index contributed by atoms with van der Waals surface area (Å²) in [6.45, 7) is 1.47. The van der Waals surface area contributed by atoms with Crippen LogP contribution in [0.1, 0.15) is 12.8 Å². The third-order valence-corrected chi connectivity index (χ3v) is 3.27. The molecule has 0 atom stereocenters. The number of carbonyl (C=O) groups is 2. The van der Waals surface area contributed by atoms with Crippen molar-refractivity contribution in [1.29, 1.82) is 0 Å². The highest BCUT2D eigenvalue weighted by molar-refractivity contribution is 6.02. The molecule has 2 rings (SSSR count). The van der Waals surface area contributed by atoms with Gasteiger partial charge in [0, 0.05) is 18.1 Å². The first-order valence-electron chi connectivity index (χ1n) is 6.55. The highest BCUT2D eigenvalue weighted by atomic mass is 16.3. The van der Waals surface area contributed by atoms with Crippen molar-refractivity contribution >= 4 is 17.6 Å². The molecule has 1 aliphatic heterocycles. The zero-order valence-electron chi connectivity index (χ0n) is 11.2. The van der Waals surface area contributed by atoms with Gasteiger partial charge in [-0.2, -0.15) is 0 Å². The summed E-state index contributed by atoms with van der Waals surface area (Å²) in [6, 6.07) is 1.36. The van der Waals surface area contributed by atoms with E-state index < -0.39 is 23.3 Å². The fraction of sp³-hybridized carbons (Fsp3) is 0.385. The first-order chi connectivity index (χ1) is 9.97. The standard InChI is InChI=1S/C13H17N3O5/c17-9-5-8(6-10(18)11(9)19)15-13(21)16-12(20)7-1-3-14-4-2-7/h5-7,14,17-19H,1-4H2,(H2,15,16,20,21). The lowest BCUT2D eigenvalue weighted by atomic mass is 9.97. The highest BCUT2D eigenvalue weighted by Crippen LogP contribution is 2.37. The maximum Gasteiger partial charge on any atom is 0.325 e. The Balaban J connectivity index is 1.93. The van der Waals surface area contributed by atoms with Gasteiger partial charge in [-0.25, -0.2) is 4.79 Å². The van der Waals surface area contributed by atoms with Crippen molar-refractivity contribution in [2.75, 3.05) is 18.4 Å². The summed E-state index contributed by atoms with van der Waals surface area (Å²) in [5.74, 6) is -2.39. The van der Waals surface area contributed by atoms with Gasteiger partial charge in [0.2, 0.25) is 5.91 Å². The third-order valence-electron chi connectivity index (χ3n) is 3.27. The van der Waals surface area contributed by atoms with E-state index in [1.165, 1.54) is 0 Å². The number of imide groups is 1. The van der Waals surface area contributed by atoms with E-state index in [9.17, 15) is 24.9 Å². The van der Waals surface area contributed by atoms with Gasteiger partial charge in [-0.3, -0.25) is 10.1 Å². The van der Waals surface area contributed by atoms with Crippen LogP contribution < -0.4 is 16.0 Å². The van der Waals surface area contributed by atoms with Gasteiger partial charge >= 0.3 is 6.03 Å². The second-order valence-corrected chi connectivity index (χ2v) is 4.83. The van der Waals surface area contributed by atoms with Crippen LogP contribution in [0, 0.1) is 5.92 Å². The summed E-state index contributed by atoms with van der Waals surface area (Å²) >= 11 is 0. The van der Waals surface area contributed by atoms with E-state index in [0.29, 0.717) is 12.8 Å². The Kier molecular flexibility index (Phi) is 4.49. The smallest absolute Gasteiger partial charge is 0.325 e. The van der Waals surface area contributed by atoms with E-state index >= 15 is 0 Å². The molecule has 3 amide bonds. The molecule has 1 aliphatic rings. The van der Waals surface area contributed by atoms with Gasteiger partial charge in [0.1, 0.15) is 0 Å². The first-order valence-corrected chi connectivity index (χ1v) is 6.55. The lowest BCUT2D eigenvalue weighted by Gasteiger charge is -2.21. The molecule has 8 heteroatoms. The number of piperidine rings is 1. The minimum absolute atomic E-state index is 0.0541. The number of phenolic OH excluding ortho intramolecular Hbond substituents is 3. The lowest BCUT2D eigenvalue weighted by molar-refractivity contribution is -0.124. The second kappa shape index (κ2) is 6.31. The van der Waals surface area contributed by atoms with Crippen LogP contribution in [0.25, 0.3) is 0 Å². The molecule has 0 radical (unpaired) electrons. The van der Waals surface area contributed by atoms with Crippen molar-refractivity contribution in [1.82, 2.24) is 10.6 Å². The topological polar surface area (TPSA) is 131 Å². The number of amides is 3. The van der Waals surface area contributed by atoms with Crippen LogP contribution >= 0.6 is 0 Å². The number of aromatic hydroxyl groups is 3. The van der Waals surface area contributed by atoms with Gasteiger partial charge in [0.05, 0.1) is 5.69 Å². The summed E-state index contributed by atoms with van der Waals surface area (Å²) < 4.78 is 0. The lowest BCUT2D eigenvalue weighted by Crippen LogP contribution is -2.42. The number of hydrogen-bond acceptors (Lipinski definition) is 6. The van der Waals surface area contributed by atoms with E-state index in [-0.39, 0.29) is 17.5 Å². The molecule has 114 valence electrons. The van der Waals surface area contributed by atoms with Gasteiger partial charge in [-0.15, -0.1) is 0 Å². The van der Waals surface area contributed by atoms with E-state index in [0.717, 1.165) is 25.2 Å².